The van der Waals surface area contributed by atoms with Crippen LogP contribution in [0, 0.1) is 15.9 Å². The average molecular weight is 417 g/mol. The van der Waals surface area contributed by atoms with Crippen molar-refractivity contribution in [1.29, 1.82) is 0 Å². The van der Waals surface area contributed by atoms with E-state index in [1.807, 2.05) is 0 Å². The standard InChI is InChI=1S/C16H10BrFN6O2/c17-10-4-5-13(18)12(7-10)15-8-14(19-16-20-21-22-23(15)16)9-2-1-3-11(6-9)24(25)26/h1-8,15H,(H,19,20,22)/t15-/m1/s1. The number of hydrogen-bond donors (Lipinski definition) is 1. The Morgan fingerprint density at radius 2 is 2.12 bits per heavy atom. The van der Waals surface area contributed by atoms with Gasteiger partial charge in [0, 0.05) is 33.4 Å². The molecule has 26 heavy (non-hydrogen) atoms. The number of rotatable bonds is 3. The Labute approximate surface area is 154 Å². The molecule has 0 saturated carbocycles. The predicted molar refractivity (Wildman–Crippen MR) is 94.8 cm³/mol. The maximum atomic E-state index is 14.4. The number of halogens is 2. The molecule has 8 nitrogen and oxygen atoms in total. The molecule has 2 aromatic carbocycles. The van der Waals surface area contributed by atoms with E-state index >= 15 is 0 Å². The molecule has 0 spiro atoms. The highest BCUT2D eigenvalue weighted by Gasteiger charge is 2.27. The lowest BCUT2D eigenvalue weighted by molar-refractivity contribution is -0.384. The Bertz CT molecular complexity index is 1050. The Morgan fingerprint density at radius 1 is 1.27 bits per heavy atom. The van der Waals surface area contributed by atoms with Gasteiger partial charge < -0.3 is 5.32 Å². The van der Waals surface area contributed by atoms with Crippen LogP contribution in [0.25, 0.3) is 5.70 Å². The van der Waals surface area contributed by atoms with E-state index in [0.29, 0.717) is 27.2 Å². The van der Waals surface area contributed by atoms with Gasteiger partial charge in [-0.05, 0) is 34.7 Å². The van der Waals surface area contributed by atoms with Crippen LogP contribution in [0.4, 0.5) is 16.0 Å². The van der Waals surface area contributed by atoms with Gasteiger partial charge in [0.2, 0.25) is 5.95 Å². The van der Waals surface area contributed by atoms with Crippen molar-refractivity contribution in [2.45, 2.75) is 6.04 Å². The zero-order chi connectivity index (χ0) is 18.3. The molecule has 1 aromatic heterocycles. The molecule has 0 amide bonds. The van der Waals surface area contributed by atoms with E-state index < -0.39 is 16.8 Å². The van der Waals surface area contributed by atoms with Crippen molar-refractivity contribution >= 4 is 33.3 Å². The van der Waals surface area contributed by atoms with Crippen LogP contribution in [-0.2, 0) is 0 Å². The van der Waals surface area contributed by atoms with Gasteiger partial charge in [-0.15, -0.1) is 0 Å². The van der Waals surface area contributed by atoms with Gasteiger partial charge in [-0.1, -0.05) is 33.2 Å². The number of nitro groups is 1. The average Bonchev–Trinajstić information content (AvgIpc) is 3.11. The van der Waals surface area contributed by atoms with Crippen molar-refractivity contribution in [2.24, 2.45) is 0 Å². The van der Waals surface area contributed by atoms with E-state index in [2.05, 4.69) is 36.8 Å². The second kappa shape index (κ2) is 6.30. The molecule has 0 saturated heterocycles. The highest BCUT2D eigenvalue weighted by molar-refractivity contribution is 9.10. The van der Waals surface area contributed by atoms with Gasteiger partial charge >= 0.3 is 0 Å². The van der Waals surface area contributed by atoms with Gasteiger partial charge in [0.05, 0.1) is 4.92 Å². The summed E-state index contributed by atoms with van der Waals surface area (Å²) >= 11 is 3.34. The second-order valence-corrected chi connectivity index (χ2v) is 6.49. The van der Waals surface area contributed by atoms with Gasteiger partial charge in [0.15, 0.2) is 0 Å². The van der Waals surface area contributed by atoms with Crippen LogP contribution in [0.5, 0.6) is 0 Å². The minimum atomic E-state index is -0.604. The van der Waals surface area contributed by atoms with Gasteiger partial charge in [-0.2, -0.15) is 4.68 Å². The molecule has 0 aliphatic carbocycles. The third-order valence-corrected chi connectivity index (χ3v) is 4.47. The molecular weight excluding hydrogens is 407 g/mol. The van der Waals surface area contributed by atoms with Crippen LogP contribution in [0.3, 0.4) is 0 Å². The zero-order valence-electron chi connectivity index (χ0n) is 13.0. The number of allylic oxidation sites excluding steroid dienone is 1. The number of hydrogen-bond acceptors (Lipinski definition) is 6. The highest BCUT2D eigenvalue weighted by Crippen LogP contribution is 2.34. The summed E-state index contributed by atoms with van der Waals surface area (Å²) in [6.45, 7) is 0. The quantitative estimate of drug-likeness (QED) is 0.517. The number of non-ortho nitro benzene ring substituents is 1. The number of tetrazole rings is 1. The molecule has 4 rings (SSSR count). The number of aromatic nitrogens is 4. The maximum absolute atomic E-state index is 14.4. The molecule has 3 aromatic rings. The fraction of sp³-hybridized carbons (Fsp3) is 0.0625. The molecule has 130 valence electrons. The van der Waals surface area contributed by atoms with Crippen molar-refractivity contribution in [1.82, 2.24) is 20.2 Å². The van der Waals surface area contributed by atoms with Crippen LogP contribution in [-0.4, -0.2) is 25.1 Å². The largest absolute Gasteiger partial charge is 0.323 e. The first kappa shape index (κ1) is 16.3. The minimum absolute atomic E-state index is 0.0412. The summed E-state index contributed by atoms with van der Waals surface area (Å²) in [6.07, 6.45) is 1.73. The summed E-state index contributed by atoms with van der Waals surface area (Å²) in [6, 6.07) is 10.2. The first-order chi connectivity index (χ1) is 12.5. The minimum Gasteiger partial charge on any atom is -0.323 e. The predicted octanol–water partition coefficient (Wildman–Crippen LogP) is 3.54. The number of anilines is 1. The summed E-state index contributed by atoms with van der Waals surface area (Å²) in [5, 5.41) is 25.5. The monoisotopic (exact) mass is 416 g/mol. The summed E-state index contributed by atoms with van der Waals surface area (Å²) in [5.74, 6) is -0.0884. The fourth-order valence-corrected chi connectivity index (χ4v) is 3.15. The lowest BCUT2D eigenvalue weighted by Gasteiger charge is -2.23. The number of nitrogens with zero attached hydrogens (tertiary/aromatic N) is 5. The second-order valence-electron chi connectivity index (χ2n) is 5.57. The third kappa shape index (κ3) is 2.84. The highest BCUT2D eigenvalue weighted by atomic mass is 79.9. The van der Waals surface area contributed by atoms with Crippen molar-refractivity contribution in [2.75, 3.05) is 5.32 Å². The normalized spacial score (nSPS) is 15.8. The molecule has 0 radical (unpaired) electrons. The van der Waals surface area contributed by atoms with Crippen LogP contribution >= 0.6 is 15.9 Å². The molecule has 0 bridgehead atoms. The third-order valence-electron chi connectivity index (χ3n) is 3.97. The van der Waals surface area contributed by atoms with Crippen LogP contribution in [0.1, 0.15) is 17.2 Å². The van der Waals surface area contributed by atoms with Crippen molar-refractivity contribution in [3.8, 4) is 0 Å². The van der Waals surface area contributed by atoms with Gasteiger partial charge in [-0.25, -0.2) is 4.39 Å². The number of benzene rings is 2. The van der Waals surface area contributed by atoms with Crippen molar-refractivity contribution < 1.29 is 9.31 Å². The molecule has 2 heterocycles. The lowest BCUT2D eigenvalue weighted by atomic mass is 10.0. The molecule has 0 fully saturated rings. The van der Waals surface area contributed by atoms with Crippen LogP contribution in [0.15, 0.2) is 53.0 Å². The van der Waals surface area contributed by atoms with Crippen molar-refractivity contribution in [3.63, 3.8) is 0 Å². The molecule has 1 aliphatic rings. The van der Waals surface area contributed by atoms with E-state index in [0.717, 1.165) is 0 Å². The lowest BCUT2D eigenvalue weighted by Crippen LogP contribution is -2.21. The van der Waals surface area contributed by atoms with E-state index in [9.17, 15) is 14.5 Å². The van der Waals surface area contributed by atoms with Crippen LogP contribution < -0.4 is 5.32 Å². The molecular formula is C16H10BrFN6O2. The Kier molecular flexibility index (Phi) is 3.96. The summed E-state index contributed by atoms with van der Waals surface area (Å²) < 4.78 is 16.6. The fourth-order valence-electron chi connectivity index (χ4n) is 2.77. The zero-order valence-corrected chi connectivity index (χ0v) is 14.6. The summed E-state index contributed by atoms with van der Waals surface area (Å²) in [7, 11) is 0. The SMILES string of the molecule is O=[N+]([O-])c1cccc(C2=C[C@H](c3cc(Br)ccc3F)n3nnnc3N2)c1. The van der Waals surface area contributed by atoms with E-state index in [1.165, 1.54) is 22.9 Å². The summed E-state index contributed by atoms with van der Waals surface area (Å²) in [5.41, 5.74) is 1.46. The first-order valence-corrected chi connectivity index (χ1v) is 8.29. The van der Waals surface area contributed by atoms with Crippen LogP contribution in [0.2, 0.25) is 0 Å². The Hall–Kier alpha value is -3.14. The van der Waals surface area contributed by atoms with Gasteiger partial charge in [0.1, 0.15) is 11.9 Å². The van der Waals surface area contributed by atoms with E-state index in [1.54, 1.807) is 30.3 Å². The molecule has 0 unspecified atom stereocenters. The smallest absolute Gasteiger partial charge is 0.270 e. The molecule has 1 atom stereocenters. The molecule has 1 aliphatic heterocycles. The van der Waals surface area contributed by atoms with E-state index in [4.69, 9.17) is 0 Å². The van der Waals surface area contributed by atoms with E-state index in [-0.39, 0.29) is 5.69 Å². The Balaban J connectivity index is 1.85. The van der Waals surface area contributed by atoms with Crippen molar-refractivity contribution in [3.05, 3.63) is 80.1 Å². The first-order valence-electron chi connectivity index (χ1n) is 7.49. The maximum Gasteiger partial charge on any atom is 0.270 e. The molecule has 10 heteroatoms. The number of nitrogens with one attached hydrogen (secondary N) is 1. The summed E-state index contributed by atoms with van der Waals surface area (Å²) in [4.78, 5) is 10.6. The van der Waals surface area contributed by atoms with Gasteiger partial charge in [0.25, 0.3) is 5.69 Å². The Morgan fingerprint density at radius 3 is 2.92 bits per heavy atom. The topological polar surface area (TPSA) is 98.8 Å². The molecule has 1 N–H and O–H groups in total. The number of nitro benzene ring substituents is 1. The number of fused-ring (bicyclic) bond motifs is 1. The van der Waals surface area contributed by atoms with Gasteiger partial charge in [-0.3, -0.25) is 10.1 Å².